The highest BCUT2D eigenvalue weighted by atomic mass is 16.5. The second kappa shape index (κ2) is 7.37. The van der Waals surface area contributed by atoms with Crippen LogP contribution in [0.15, 0.2) is 48.5 Å². The van der Waals surface area contributed by atoms with Gasteiger partial charge in [0.15, 0.2) is 0 Å². The summed E-state index contributed by atoms with van der Waals surface area (Å²) < 4.78 is 5.69. The van der Waals surface area contributed by atoms with E-state index >= 15 is 0 Å². The standard InChI is InChI=1S/C22H22N2O3/c1-14(26)23-16-8-9-20-19(12-16)18(15-6-7-15)13-21(24-20)17-4-2-3-5-22(17)27-11-10-25/h2-5,8-9,12-13,15,25H,6-7,10-11H2,1H3,(H,23,26). The van der Waals surface area contributed by atoms with Crippen molar-refractivity contribution >= 4 is 22.5 Å². The largest absolute Gasteiger partial charge is 0.490 e. The van der Waals surface area contributed by atoms with Crippen molar-refractivity contribution in [1.82, 2.24) is 4.98 Å². The molecule has 2 aromatic carbocycles. The molecule has 1 saturated carbocycles. The van der Waals surface area contributed by atoms with E-state index in [0.717, 1.165) is 33.6 Å². The molecule has 27 heavy (non-hydrogen) atoms. The summed E-state index contributed by atoms with van der Waals surface area (Å²) in [6, 6.07) is 15.7. The zero-order valence-electron chi connectivity index (χ0n) is 15.2. The average Bonchev–Trinajstić information content (AvgIpc) is 3.50. The fourth-order valence-electron chi connectivity index (χ4n) is 3.36. The Balaban J connectivity index is 1.83. The molecule has 2 N–H and O–H groups in total. The van der Waals surface area contributed by atoms with Crippen LogP contribution < -0.4 is 10.1 Å². The maximum absolute atomic E-state index is 11.4. The van der Waals surface area contributed by atoms with E-state index in [9.17, 15) is 4.79 Å². The van der Waals surface area contributed by atoms with Crippen LogP contribution >= 0.6 is 0 Å². The van der Waals surface area contributed by atoms with Crippen molar-refractivity contribution in [2.45, 2.75) is 25.7 Å². The average molecular weight is 362 g/mol. The van der Waals surface area contributed by atoms with E-state index in [1.54, 1.807) is 0 Å². The zero-order chi connectivity index (χ0) is 18.8. The molecule has 1 fully saturated rings. The minimum atomic E-state index is -0.0816. The lowest BCUT2D eigenvalue weighted by Gasteiger charge is -2.14. The van der Waals surface area contributed by atoms with Gasteiger partial charge >= 0.3 is 0 Å². The van der Waals surface area contributed by atoms with Gasteiger partial charge in [-0.15, -0.1) is 0 Å². The number of nitrogens with zero attached hydrogens (tertiary/aromatic N) is 1. The van der Waals surface area contributed by atoms with E-state index in [-0.39, 0.29) is 19.1 Å². The Hall–Kier alpha value is -2.92. The Morgan fingerprint density at radius 2 is 2.04 bits per heavy atom. The smallest absolute Gasteiger partial charge is 0.221 e. The van der Waals surface area contributed by atoms with Crippen LogP contribution in [0, 0.1) is 0 Å². The number of aromatic nitrogens is 1. The number of aliphatic hydroxyl groups excluding tert-OH is 1. The van der Waals surface area contributed by atoms with Crippen LogP contribution in [0.25, 0.3) is 22.2 Å². The van der Waals surface area contributed by atoms with Crippen molar-refractivity contribution in [2.24, 2.45) is 0 Å². The summed E-state index contributed by atoms with van der Waals surface area (Å²) >= 11 is 0. The highest BCUT2D eigenvalue weighted by Crippen LogP contribution is 2.45. The van der Waals surface area contributed by atoms with Crippen LogP contribution in [-0.2, 0) is 4.79 Å². The molecule has 1 aliphatic carbocycles. The molecule has 0 unspecified atom stereocenters. The number of carbonyl (C=O) groups is 1. The second-order valence-electron chi connectivity index (χ2n) is 6.85. The fraction of sp³-hybridized carbons (Fsp3) is 0.273. The number of hydrogen-bond acceptors (Lipinski definition) is 4. The van der Waals surface area contributed by atoms with E-state index in [2.05, 4.69) is 11.4 Å². The Labute approximate surface area is 158 Å². The van der Waals surface area contributed by atoms with Gasteiger partial charge in [-0.25, -0.2) is 4.98 Å². The number of carbonyl (C=O) groups excluding carboxylic acids is 1. The van der Waals surface area contributed by atoms with Crippen molar-refractivity contribution in [2.75, 3.05) is 18.5 Å². The number of fused-ring (bicyclic) bond motifs is 1. The summed E-state index contributed by atoms with van der Waals surface area (Å²) in [6.45, 7) is 1.73. The third-order valence-corrected chi connectivity index (χ3v) is 4.69. The number of hydrogen-bond donors (Lipinski definition) is 2. The first-order valence-electron chi connectivity index (χ1n) is 9.21. The van der Waals surface area contributed by atoms with Gasteiger partial charge in [-0.1, -0.05) is 12.1 Å². The van der Waals surface area contributed by atoms with Crippen molar-refractivity contribution in [3.8, 4) is 17.0 Å². The number of aliphatic hydroxyl groups is 1. The number of rotatable bonds is 6. The first-order valence-corrected chi connectivity index (χ1v) is 9.21. The highest BCUT2D eigenvalue weighted by molar-refractivity contribution is 5.94. The van der Waals surface area contributed by atoms with Crippen molar-refractivity contribution in [3.05, 3.63) is 54.1 Å². The summed E-state index contributed by atoms with van der Waals surface area (Å²) in [5, 5.41) is 13.0. The van der Waals surface area contributed by atoms with Gasteiger partial charge in [0.2, 0.25) is 5.91 Å². The maximum atomic E-state index is 11.4. The van der Waals surface area contributed by atoms with Crippen LogP contribution in [0.1, 0.15) is 31.2 Å². The summed E-state index contributed by atoms with van der Waals surface area (Å²) in [5.41, 5.74) is 4.74. The summed E-state index contributed by atoms with van der Waals surface area (Å²) in [4.78, 5) is 16.2. The molecule has 3 aromatic rings. The minimum absolute atomic E-state index is 0.0290. The molecule has 1 aliphatic rings. The van der Waals surface area contributed by atoms with Crippen LogP contribution in [0.4, 0.5) is 5.69 Å². The van der Waals surface area contributed by atoms with Gasteiger partial charge in [-0.3, -0.25) is 4.79 Å². The summed E-state index contributed by atoms with van der Waals surface area (Å²) in [7, 11) is 0. The molecule has 0 radical (unpaired) electrons. The molecular formula is C22H22N2O3. The third kappa shape index (κ3) is 3.78. The number of ether oxygens (including phenoxy) is 1. The fourth-order valence-corrected chi connectivity index (χ4v) is 3.36. The van der Waals surface area contributed by atoms with E-state index < -0.39 is 0 Å². The van der Waals surface area contributed by atoms with Gasteiger partial charge < -0.3 is 15.2 Å². The highest BCUT2D eigenvalue weighted by Gasteiger charge is 2.27. The van der Waals surface area contributed by atoms with Gasteiger partial charge in [0, 0.05) is 23.6 Å². The molecule has 0 spiro atoms. The molecular weight excluding hydrogens is 340 g/mol. The second-order valence-corrected chi connectivity index (χ2v) is 6.85. The van der Waals surface area contributed by atoms with Crippen LogP contribution in [-0.4, -0.2) is 29.2 Å². The van der Waals surface area contributed by atoms with E-state index in [1.165, 1.54) is 25.3 Å². The monoisotopic (exact) mass is 362 g/mol. The Kier molecular flexibility index (Phi) is 4.77. The number of nitrogens with one attached hydrogen (secondary N) is 1. The van der Waals surface area contributed by atoms with Gasteiger partial charge in [0.1, 0.15) is 12.4 Å². The Morgan fingerprint density at radius 3 is 2.78 bits per heavy atom. The molecule has 4 rings (SSSR count). The molecule has 0 atom stereocenters. The van der Waals surface area contributed by atoms with Crippen LogP contribution in [0.2, 0.25) is 0 Å². The van der Waals surface area contributed by atoms with Crippen molar-refractivity contribution < 1.29 is 14.6 Å². The SMILES string of the molecule is CC(=O)Nc1ccc2nc(-c3ccccc3OCCO)cc(C3CC3)c2c1. The summed E-state index contributed by atoms with van der Waals surface area (Å²) in [5.74, 6) is 1.17. The number of para-hydroxylation sites is 1. The molecule has 1 aromatic heterocycles. The molecule has 1 heterocycles. The number of pyridine rings is 1. The molecule has 138 valence electrons. The predicted octanol–water partition coefficient (Wildman–Crippen LogP) is 4.11. The van der Waals surface area contributed by atoms with Crippen LogP contribution in [0.3, 0.4) is 0 Å². The minimum Gasteiger partial charge on any atom is -0.490 e. The number of anilines is 1. The molecule has 0 bridgehead atoms. The van der Waals surface area contributed by atoms with Crippen molar-refractivity contribution in [3.63, 3.8) is 0 Å². The van der Waals surface area contributed by atoms with Gasteiger partial charge in [-0.2, -0.15) is 0 Å². The number of amides is 1. The first-order chi connectivity index (χ1) is 13.2. The van der Waals surface area contributed by atoms with Gasteiger partial charge in [0.05, 0.1) is 17.8 Å². The number of benzene rings is 2. The molecule has 0 saturated heterocycles. The Morgan fingerprint density at radius 1 is 1.22 bits per heavy atom. The lowest BCUT2D eigenvalue weighted by atomic mass is 10.00. The molecule has 5 nitrogen and oxygen atoms in total. The lowest BCUT2D eigenvalue weighted by molar-refractivity contribution is -0.114. The van der Waals surface area contributed by atoms with Gasteiger partial charge in [0.25, 0.3) is 0 Å². The van der Waals surface area contributed by atoms with E-state index in [4.69, 9.17) is 14.8 Å². The predicted molar refractivity (Wildman–Crippen MR) is 106 cm³/mol. The summed E-state index contributed by atoms with van der Waals surface area (Å²) in [6.07, 6.45) is 2.34. The Bertz CT molecular complexity index is 996. The quantitative estimate of drug-likeness (QED) is 0.692. The topological polar surface area (TPSA) is 71.5 Å². The molecule has 0 aliphatic heterocycles. The zero-order valence-corrected chi connectivity index (χ0v) is 15.2. The lowest BCUT2D eigenvalue weighted by Crippen LogP contribution is -2.06. The molecule has 1 amide bonds. The molecule has 5 heteroatoms. The van der Waals surface area contributed by atoms with E-state index in [0.29, 0.717) is 5.92 Å². The van der Waals surface area contributed by atoms with E-state index in [1.807, 2.05) is 42.5 Å². The maximum Gasteiger partial charge on any atom is 0.221 e. The van der Waals surface area contributed by atoms with Gasteiger partial charge in [-0.05, 0) is 60.7 Å². The van der Waals surface area contributed by atoms with Crippen molar-refractivity contribution in [1.29, 1.82) is 0 Å². The normalized spacial score (nSPS) is 13.6. The van der Waals surface area contributed by atoms with Crippen LogP contribution in [0.5, 0.6) is 5.75 Å². The first kappa shape index (κ1) is 17.5. The third-order valence-electron chi connectivity index (χ3n) is 4.69.